The molecule has 0 radical (unpaired) electrons. The van der Waals surface area contributed by atoms with E-state index in [1.807, 2.05) is 53.1 Å². The summed E-state index contributed by atoms with van der Waals surface area (Å²) in [5, 5.41) is 3.36. The lowest BCUT2D eigenvalue weighted by Gasteiger charge is -2.31. The Morgan fingerprint density at radius 1 is 1.06 bits per heavy atom. The highest BCUT2D eigenvalue weighted by Gasteiger charge is 2.36. The zero-order valence-corrected chi connectivity index (χ0v) is 18.2. The van der Waals surface area contributed by atoms with Crippen LogP contribution in [-0.2, 0) is 9.53 Å². The molecule has 33 heavy (non-hydrogen) atoms. The maximum Gasteiger partial charge on any atom is 0.338 e. The predicted octanol–water partition coefficient (Wildman–Crippen LogP) is 5.17. The van der Waals surface area contributed by atoms with E-state index in [2.05, 4.69) is 5.32 Å². The first-order chi connectivity index (χ1) is 16.1. The number of fused-ring (bicyclic) bond motifs is 3. The summed E-state index contributed by atoms with van der Waals surface area (Å²) in [5.74, 6) is 0.494. The van der Waals surface area contributed by atoms with Gasteiger partial charge in [-0.25, -0.2) is 14.2 Å². The molecule has 7 heteroatoms. The number of hydrogen-bond donors (Lipinski definition) is 1. The van der Waals surface area contributed by atoms with E-state index < -0.39 is 12.0 Å². The molecule has 4 aromatic rings. The molecule has 1 N–H and O–H groups in total. The number of hydrogen-bond acceptors (Lipinski definition) is 5. The van der Waals surface area contributed by atoms with Crippen LogP contribution in [0.2, 0.25) is 0 Å². The van der Waals surface area contributed by atoms with Crippen molar-refractivity contribution in [3.63, 3.8) is 0 Å². The molecule has 1 aliphatic rings. The number of anilines is 1. The number of nitrogens with one attached hydrogen (secondary N) is 1. The molecule has 0 saturated carbocycles. The Morgan fingerprint density at radius 2 is 1.79 bits per heavy atom. The second-order valence-electron chi connectivity index (χ2n) is 7.61. The molecule has 5 rings (SSSR count). The van der Waals surface area contributed by atoms with Gasteiger partial charge in [-0.15, -0.1) is 0 Å². The zero-order chi connectivity index (χ0) is 22.9. The van der Waals surface area contributed by atoms with E-state index in [1.54, 1.807) is 26.2 Å². The second-order valence-corrected chi connectivity index (χ2v) is 7.61. The van der Waals surface area contributed by atoms with Gasteiger partial charge in [0.2, 0.25) is 5.95 Å². The molecule has 6 nitrogen and oxygen atoms in total. The first kappa shape index (κ1) is 20.8. The Kier molecular flexibility index (Phi) is 5.30. The molecule has 1 aliphatic heterocycles. The number of ether oxygens (including phenoxy) is 2. The number of carbonyl (C=O) groups excluding carboxylic acids is 1. The number of aromatic nitrogens is 2. The summed E-state index contributed by atoms with van der Waals surface area (Å²) in [5.41, 5.74) is 4.18. The lowest BCUT2D eigenvalue weighted by molar-refractivity contribution is -0.138. The highest BCUT2D eigenvalue weighted by Crippen LogP contribution is 2.42. The maximum atomic E-state index is 13.8. The van der Waals surface area contributed by atoms with Gasteiger partial charge in [0, 0.05) is 0 Å². The van der Waals surface area contributed by atoms with Crippen molar-refractivity contribution in [2.24, 2.45) is 0 Å². The van der Waals surface area contributed by atoms with Crippen molar-refractivity contribution < 1.29 is 18.7 Å². The first-order valence-electron chi connectivity index (χ1n) is 10.7. The summed E-state index contributed by atoms with van der Waals surface area (Å²) in [6.45, 7) is 2.00. The third-order valence-corrected chi connectivity index (χ3v) is 5.69. The van der Waals surface area contributed by atoms with Gasteiger partial charge in [0.1, 0.15) is 11.6 Å². The van der Waals surface area contributed by atoms with Gasteiger partial charge in [-0.2, -0.15) is 0 Å². The fraction of sp³-hybridized carbons (Fsp3) is 0.154. The Morgan fingerprint density at radius 3 is 2.48 bits per heavy atom. The number of benzene rings is 3. The van der Waals surface area contributed by atoms with Crippen LogP contribution in [-0.4, -0.2) is 29.2 Å². The van der Waals surface area contributed by atoms with Gasteiger partial charge in [0.05, 0.1) is 42.1 Å². The molecule has 0 fully saturated rings. The number of halogens is 1. The van der Waals surface area contributed by atoms with Gasteiger partial charge in [-0.1, -0.05) is 24.3 Å². The standard InChI is InChI=1S/C26H22FN3O3/c1-3-33-25(31)22-23(16-10-14-19(32-2)15-11-16)29-26-28-20-6-4-5-7-21(20)30(26)24(22)17-8-12-18(27)13-9-17/h4-15,24H,3H2,1-2H3,(H,28,29). The third-order valence-electron chi connectivity index (χ3n) is 5.69. The van der Waals surface area contributed by atoms with Gasteiger partial charge in [-0.3, -0.25) is 4.57 Å². The van der Waals surface area contributed by atoms with Crippen molar-refractivity contribution in [2.75, 3.05) is 19.0 Å². The summed E-state index contributed by atoms with van der Waals surface area (Å²) in [6, 6.07) is 20.7. The van der Waals surface area contributed by atoms with Gasteiger partial charge in [-0.05, 0) is 66.6 Å². The monoisotopic (exact) mass is 443 g/mol. The molecule has 1 unspecified atom stereocenters. The molecule has 2 heterocycles. The van der Waals surface area contributed by atoms with Gasteiger partial charge < -0.3 is 14.8 Å². The van der Waals surface area contributed by atoms with Crippen LogP contribution in [0.25, 0.3) is 16.7 Å². The van der Waals surface area contributed by atoms with Crippen molar-refractivity contribution in [2.45, 2.75) is 13.0 Å². The van der Waals surface area contributed by atoms with Crippen LogP contribution < -0.4 is 10.1 Å². The summed E-state index contributed by atoms with van der Waals surface area (Å²) in [6.07, 6.45) is 0. The maximum absolute atomic E-state index is 13.8. The number of methoxy groups -OCH3 is 1. The SMILES string of the molecule is CCOC(=O)C1=C(c2ccc(OC)cc2)Nc2nc3ccccc3n2C1c1ccc(F)cc1. The lowest BCUT2D eigenvalue weighted by Crippen LogP contribution is -2.29. The number of esters is 1. The topological polar surface area (TPSA) is 65.4 Å². The molecule has 0 saturated heterocycles. The van der Waals surface area contributed by atoms with E-state index in [9.17, 15) is 9.18 Å². The molecule has 1 aromatic heterocycles. The third kappa shape index (κ3) is 3.61. The highest BCUT2D eigenvalue weighted by molar-refractivity contribution is 6.03. The minimum Gasteiger partial charge on any atom is -0.497 e. The Balaban J connectivity index is 1.80. The van der Waals surface area contributed by atoms with Crippen LogP contribution >= 0.6 is 0 Å². The zero-order valence-electron chi connectivity index (χ0n) is 18.2. The van der Waals surface area contributed by atoms with Gasteiger partial charge >= 0.3 is 5.97 Å². The van der Waals surface area contributed by atoms with Crippen LogP contribution in [0.15, 0.2) is 78.4 Å². The smallest absolute Gasteiger partial charge is 0.338 e. The normalized spacial score (nSPS) is 15.2. The number of imidazole rings is 1. The molecule has 0 spiro atoms. The number of para-hydroxylation sites is 2. The lowest BCUT2D eigenvalue weighted by atomic mass is 9.92. The summed E-state index contributed by atoms with van der Waals surface area (Å²) in [7, 11) is 1.60. The van der Waals surface area contributed by atoms with Crippen molar-refractivity contribution >= 4 is 28.6 Å². The van der Waals surface area contributed by atoms with Crippen LogP contribution in [0, 0.1) is 5.82 Å². The molecule has 0 amide bonds. The summed E-state index contributed by atoms with van der Waals surface area (Å²) >= 11 is 0. The Labute approximate surface area is 190 Å². The van der Waals surface area contributed by atoms with Crippen LogP contribution in [0.5, 0.6) is 5.75 Å². The summed E-state index contributed by atoms with van der Waals surface area (Å²) < 4.78 is 26.5. The predicted molar refractivity (Wildman–Crippen MR) is 124 cm³/mol. The Hall–Kier alpha value is -4.13. The minimum absolute atomic E-state index is 0.228. The molecular formula is C26H22FN3O3. The van der Waals surface area contributed by atoms with E-state index in [0.717, 1.165) is 22.2 Å². The summed E-state index contributed by atoms with van der Waals surface area (Å²) in [4.78, 5) is 18.1. The van der Waals surface area contributed by atoms with E-state index in [4.69, 9.17) is 14.5 Å². The molecule has 1 atom stereocenters. The van der Waals surface area contributed by atoms with E-state index >= 15 is 0 Å². The average Bonchev–Trinajstić information content (AvgIpc) is 3.22. The van der Waals surface area contributed by atoms with Crippen molar-refractivity contribution in [1.29, 1.82) is 0 Å². The van der Waals surface area contributed by atoms with Gasteiger partial charge in [0.15, 0.2) is 0 Å². The second kappa shape index (κ2) is 8.43. The highest BCUT2D eigenvalue weighted by atomic mass is 19.1. The fourth-order valence-electron chi connectivity index (χ4n) is 4.21. The van der Waals surface area contributed by atoms with E-state index in [1.165, 1.54) is 12.1 Å². The quantitative estimate of drug-likeness (QED) is 0.431. The van der Waals surface area contributed by atoms with Crippen LogP contribution in [0.1, 0.15) is 24.1 Å². The molecule has 0 aliphatic carbocycles. The molecular weight excluding hydrogens is 421 g/mol. The Bertz CT molecular complexity index is 1360. The molecule has 166 valence electrons. The number of carbonyl (C=O) groups is 1. The van der Waals surface area contributed by atoms with E-state index in [0.29, 0.717) is 23.0 Å². The van der Waals surface area contributed by atoms with E-state index in [-0.39, 0.29) is 12.4 Å². The van der Waals surface area contributed by atoms with Crippen molar-refractivity contribution in [3.8, 4) is 5.75 Å². The molecule has 3 aromatic carbocycles. The fourth-order valence-corrected chi connectivity index (χ4v) is 4.21. The number of nitrogens with zero attached hydrogens (tertiary/aromatic N) is 2. The molecule has 0 bridgehead atoms. The number of rotatable bonds is 5. The van der Waals surface area contributed by atoms with Crippen LogP contribution in [0.4, 0.5) is 10.3 Å². The van der Waals surface area contributed by atoms with Crippen LogP contribution in [0.3, 0.4) is 0 Å². The average molecular weight is 443 g/mol. The van der Waals surface area contributed by atoms with Crippen molar-refractivity contribution in [3.05, 3.63) is 95.3 Å². The first-order valence-corrected chi connectivity index (χ1v) is 10.7. The van der Waals surface area contributed by atoms with Crippen molar-refractivity contribution in [1.82, 2.24) is 9.55 Å². The largest absolute Gasteiger partial charge is 0.497 e. The van der Waals surface area contributed by atoms with Gasteiger partial charge in [0.25, 0.3) is 0 Å². The minimum atomic E-state index is -0.564.